The van der Waals surface area contributed by atoms with E-state index in [9.17, 15) is 22.8 Å². The first-order chi connectivity index (χ1) is 13.3. The first-order valence-corrected chi connectivity index (χ1v) is 8.58. The molecule has 3 aromatic rings. The number of carbonyl (C=O) groups is 2. The molecule has 0 fully saturated rings. The van der Waals surface area contributed by atoms with Crippen LogP contribution in [-0.2, 0) is 11.2 Å². The number of anilines is 3. The molecule has 11 heteroatoms. The lowest BCUT2D eigenvalue weighted by Gasteiger charge is -2.05. The summed E-state index contributed by atoms with van der Waals surface area (Å²) in [4.78, 5) is 30.8. The van der Waals surface area contributed by atoms with E-state index in [1.807, 2.05) is 6.07 Å². The second-order valence-corrected chi connectivity index (χ2v) is 6.47. The molecule has 2 heterocycles. The number of aromatic nitrogens is 2. The lowest BCUT2D eigenvalue weighted by Crippen LogP contribution is -2.20. The molecule has 144 valence electrons. The number of primary amides is 1. The molecule has 0 atom stereocenters. The number of thiazole rings is 1. The number of rotatable bonds is 6. The third-order valence-corrected chi connectivity index (χ3v) is 4.31. The number of nitrogens with zero attached hydrogens (tertiary/aromatic N) is 2. The third-order valence-electron chi connectivity index (χ3n) is 3.43. The number of hydrogen-bond donors (Lipinski definition) is 3. The first kappa shape index (κ1) is 19.3. The monoisotopic (exact) mass is 407 g/mol. The van der Waals surface area contributed by atoms with Crippen LogP contribution in [0.4, 0.5) is 29.0 Å². The molecule has 3 rings (SSSR count). The van der Waals surface area contributed by atoms with Crippen molar-refractivity contribution in [3.8, 4) is 0 Å². The number of hydrogen-bond acceptors (Lipinski definition) is 6. The van der Waals surface area contributed by atoms with Gasteiger partial charge < -0.3 is 16.4 Å². The van der Waals surface area contributed by atoms with Crippen LogP contribution in [0.5, 0.6) is 0 Å². The van der Waals surface area contributed by atoms with Gasteiger partial charge in [-0.25, -0.2) is 18.7 Å². The van der Waals surface area contributed by atoms with E-state index in [2.05, 4.69) is 20.6 Å². The van der Waals surface area contributed by atoms with E-state index in [1.165, 1.54) is 0 Å². The van der Waals surface area contributed by atoms with Gasteiger partial charge in [0.05, 0.1) is 12.1 Å². The van der Waals surface area contributed by atoms with Gasteiger partial charge in [-0.2, -0.15) is 4.39 Å². The van der Waals surface area contributed by atoms with E-state index >= 15 is 0 Å². The minimum absolute atomic E-state index is 0.0268. The Kier molecular flexibility index (Phi) is 5.54. The van der Waals surface area contributed by atoms with E-state index in [4.69, 9.17) is 5.73 Å². The molecule has 4 N–H and O–H groups in total. The summed E-state index contributed by atoms with van der Waals surface area (Å²) in [6, 6.07) is 9.23. The minimum Gasteiger partial charge on any atom is -0.364 e. The quantitative estimate of drug-likeness (QED) is 0.544. The van der Waals surface area contributed by atoms with Gasteiger partial charge in [-0.05, 0) is 12.1 Å². The second kappa shape index (κ2) is 8.05. The predicted molar refractivity (Wildman–Crippen MR) is 96.8 cm³/mol. The van der Waals surface area contributed by atoms with Gasteiger partial charge in [0.1, 0.15) is 10.8 Å². The molecule has 0 aliphatic carbocycles. The topological polar surface area (TPSA) is 110 Å². The summed E-state index contributed by atoms with van der Waals surface area (Å²) in [5.41, 5.74) is 5.19. The van der Waals surface area contributed by atoms with Gasteiger partial charge >= 0.3 is 0 Å². The highest BCUT2D eigenvalue weighted by atomic mass is 32.1. The van der Waals surface area contributed by atoms with E-state index in [1.54, 1.807) is 24.3 Å². The maximum absolute atomic E-state index is 13.6. The smallest absolute Gasteiger partial charge is 0.270 e. The highest BCUT2D eigenvalue weighted by molar-refractivity contribution is 7.20. The van der Waals surface area contributed by atoms with Crippen LogP contribution in [0.25, 0.3) is 0 Å². The van der Waals surface area contributed by atoms with Crippen LogP contribution in [0.2, 0.25) is 0 Å². The molecule has 28 heavy (non-hydrogen) atoms. The molecule has 0 bridgehead atoms. The number of carbonyl (C=O) groups excluding carboxylic acids is 2. The fourth-order valence-electron chi connectivity index (χ4n) is 2.20. The van der Waals surface area contributed by atoms with Crippen molar-refractivity contribution in [2.75, 3.05) is 10.6 Å². The Morgan fingerprint density at radius 2 is 1.79 bits per heavy atom. The van der Waals surface area contributed by atoms with Crippen molar-refractivity contribution in [3.63, 3.8) is 0 Å². The van der Waals surface area contributed by atoms with Crippen molar-refractivity contribution in [1.82, 2.24) is 9.97 Å². The van der Waals surface area contributed by atoms with E-state index in [0.717, 1.165) is 11.3 Å². The first-order valence-electron chi connectivity index (χ1n) is 7.76. The number of pyridine rings is 1. The van der Waals surface area contributed by atoms with Crippen LogP contribution in [-0.4, -0.2) is 21.8 Å². The summed E-state index contributed by atoms with van der Waals surface area (Å²) >= 11 is 0.928. The summed E-state index contributed by atoms with van der Waals surface area (Å²) in [5, 5.41) is 5.62. The van der Waals surface area contributed by atoms with E-state index in [0.29, 0.717) is 11.8 Å². The maximum atomic E-state index is 13.6. The summed E-state index contributed by atoms with van der Waals surface area (Å²) in [6.45, 7) is 0. The van der Waals surface area contributed by atoms with Gasteiger partial charge in [0.25, 0.3) is 5.91 Å². The standard InChI is InChI=1S/C17H12F3N5O2S/c18-9-6-10(19)14(20)23-11(9)7-12(26)24-16-13(15(21)27)25-17(28-16)22-8-4-2-1-3-5-8/h1-6H,7H2,(H2,21,27)(H,22,25)(H,24,26). The van der Waals surface area contributed by atoms with Gasteiger partial charge in [-0.3, -0.25) is 9.59 Å². The summed E-state index contributed by atoms with van der Waals surface area (Å²) in [6.07, 6.45) is -0.680. The average molecular weight is 407 g/mol. The van der Waals surface area contributed by atoms with Crippen LogP contribution < -0.4 is 16.4 Å². The Bertz CT molecular complexity index is 1040. The SMILES string of the molecule is NC(=O)c1nc(Nc2ccccc2)sc1NC(=O)Cc1nc(F)c(F)cc1F. The molecule has 0 aliphatic rings. The zero-order chi connectivity index (χ0) is 20.3. The molecule has 2 amide bonds. The van der Waals surface area contributed by atoms with E-state index in [-0.39, 0.29) is 15.8 Å². The fourth-order valence-corrected chi connectivity index (χ4v) is 3.10. The lowest BCUT2D eigenvalue weighted by atomic mass is 10.2. The maximum Gasteiger partial charge on any atom is 0.270 e. The molecular formula is C17H12F3N5O2S. The van der Waals surface area contributed by atoms with E-state index < -0.39 is 41.5 Å². The number of para-hydroxylation sites is 1. The molecule has 0 spiro atoms. The number of benzene rings is 1. The Labute approximate surface area is 160 Å². The molecule has 2 aromatic heterocycles. The van der Waals surface area contributed by atoms with Crippen molar-refractivity contribution in [2.45, 2.75) is 6.42 Å². The highest BCUT2D eigenvalue weighted by Crippen LogP contribution is 2.30. The van der Waals surface area contributed by atoms with Crippen LogP contribution in [0.1, 0.15) is 16.2 Å². The van der Waals surface area contributed by atoms with Gasteiger partial charge in [0.15, 0.2) is 16.6 Å². The Morgan fingerprint density at radius 1 is 1.07 bits per heavy atom. The molecule has 0 saturated carbocycles. The molecular weight excluding hydrogens is 395 g/mol. The average Bonchev–Trinajstić information content (AvgIpc) is 3.03. The van der Waals surface area contributed by atoms with Crippen molar-refractivity contribution >= 4 is 39.0 Å². The summed E-state index contributed by atoms with van der Waals surface area (Å²) in [7, 11) is 0. The minimum atomic E-state index is -1.52. The largest absolute Gasteiger partial charge is 0.364 e. The normalized spacial score (nSPS) is 10.5. The number of halogens is 3. The van der Waals surface area contributed by atoms with Crippen LogP contribution in [0.3, 0.4) is 0 Å². The van der Waals surface area contributed by atoms with Gasteiger partial charge in [-0.15, -0.1) is 0 Å². The number of nitrogens with one attached hydrogen (secondary N) is 2. The van der Waals surface area contributed by atoms with Crippen molar-refractivity contribution in [2.24, 2.45) is 5.73 Å². The number of amides is 2. The predicted octanol–water partition coefficient (Wildman–Crippen LogP) is 2.98. The molecule has 1 aromatic carbocycles. The van der Waals surface area contributed by atoms with Gasteiger partial charge in [-0.1, -0.05) is 29.5 Å². The van der Waals surface area contributed by atoms with Crippen molar-refractivity contribution in [1.29, 1.82) is 0 Å². The number of nitrogens with two attached hydrogens (primary N) is 1. The molecule has 7 nitrogen and oxygen atoms in total. The van der Waals surface area contributed by atoms with Crippen LogP contribution in [0.15, 0.2) is 36.4 Å². The second-order valence-electron chi connectivity index (χ2n) is 5.47. The summed E-state index contributed by atoms with van der Waals surface area (Å²) in [5.74, 6) is -5.84. The van der Waals surface area contributed by atoms with Crippen LogP contribution >= 0.6 is 11.3 Å². The Morgan fingerprint density at radius 3 is 2.46 bits per heavy atom. The molecule has 0 saturated heterocycles. The fraction of sp³-hybridized carbons (Fsp3) is 0.0588. The Hall–Kier alpha value is -3.47. The van der Waals surface area contributed by atoms with Gasteiger partial charge in [0.2, 0.25) is 11.9 Å². The summed E-state index contributed by atoms with van der Waals surface area (Å²) < 4.78 is 39.7. The van der Waals surface area contributed by atoms with Crippen molar-refractivity contribution < 1.29 is 22.8 Å². The Balaban J connectivity index is 1.78. The lowest BCUT2D eigenvalue weighted by molar-refractivity contribution is -0.115. The van der Waals surface area contributed by atoms with Crippen LogP contribution in [0, 0.1) is 17.6 Å². The molecule has 0 radical (unpaired) electrons. The zero-order valence-electron chi connectivity index (χ0n) is 14.0. The molecule has 0 unspecified atom stereocenters. The third kappa shape index (κ3) is 4.43. The molecule has 0 aliphatic heterocycles. The highest BCUT2D eigenvalue weighted by Gasteiger charge is 2.20. The van der Waals surface area contributed by atoms with Crippen molar-refractivity contribution in [3.05, 3.63) is 65.4 Å². The van der Waals surface area contributed by atoms with Gasteiger partial charge in [0, 0.05) is 11.8 Å². The zero-order valence-corrected chi connectivity index (χ0v) is 14.8.